The molecule has 0 aliphatic heterocycles. The van der Waals surface area contributed by atoms with E-state index < -0.39 is 7.60 Å². The minimum atomic E-state index is -3.82. The van der Waals surface area contributed by atoms with E-state index in [0.717, 1.165) is 62.7 Å². The van der Waals surface area contributed by atoms with Crippen LogP contribution in [0.3, 0.4) is 0 Å². The van der Waals surface area contributed by atoms with Crippen molar-refractivity contribution in [3.8, 4) is 5.75 Å². The molecule has 4 aliphatic rings. The zero-order valence-corrected chi connectivity index (χ0v) is 20.9. The molecular weight excluding hydrogens is 438 g/mol. The summed E-state index contributed by atoms with van der Waals surface area (Å²) in [4.78, 5) is 17.7. The topological polar surface area (TPSA) is 66.8 Å². The number of benzene rings is 1. The highest BCUT2D eigenvalue weighted by molar-refractivity contribution is 7.51. The Kier molecular flexibility index (Phi) is 8.57. The molecule has 6 heteroatoms. The number of halogens is 1. The molecule has 0 saturated heterocycles. The van der Waals surface area contributed by atoms with Crippen LogP contribution in [0, 0.1) is 23.6 Å². The van der Waals surface area contributed by atoms with Crippen molar-refractivity contribution in [3.63, 3.8) is 0 Å². The van der Waals surface area contributed by atoms with E-state index in [0.29, 0.717) is 18.8 Å². The Morgan fingerprint density at radius 1 is 0.848 bits per heavy atom. The number of hydrogen-bond donors (Lipinski definition) is 2. The van der Waals surface area contributed by atoms with Crippen molar-refractivity contribution >= 4 is 7.60 Å². The first-order valence-corrected chi connectivity index (χ1v) is 15.1. The predicted molar refractivity (Wildman–Crippen MR) is 130 cm³/mol. The van der Waals surface area contributed by atoms with Crippen LogP contribution < -0.4 is 4.74 Å². The molecule has 4 fully saturated rings. The summed E-state index contributed by atoms with van der Waals surface area (Å²) in [6.45, 7) is 0.565. The summed E-state index contributed by atoms with van der Waals surface area (Å²) in [5.74, 6) is 2.80. The molecule has 0 atom stereocenters. The van der Waals surface area contributed by atoms with Crippen LogP contribution in [0.4, 0.5) is 4.39 Å². The molecule has 0 heterocycles. The van der Waals surface area contributed by atoms with Crippen molar-refractivity contribution in [1.82, 2.24) is 0 Å². The normalized spacial score (nSPS) is 28.4. The third kappa shape index (κ3) is 7.05. The monoisotopic (exact) mass is 480 g/mol. The van der Waals surface area contributed by atoms with Gasteiger partial charge in [0.25, 0.3) is 0 Å². The Morgan fingerprint density at radius 2 is 1.36 bits per heavy atom. The van der Waals surface area contributed by atoms with Gasteiger partial charge in [-0.25, -0.2) is 4.39 Å². The molecule has 4 nitrogen and oxygen atoms in total. The van der Waals surface area contributed by atoms with Gasteiger partial charge in [-0.15, -0.1) is 0 Å². The molecule has 4 bridgehead atoms. The summed E-state index contributed by atoms with van der Waals surface area (Å²) in [6.07, 6.45) is 17.2. The zero-order valence-electron chi connectivity index (χ0n) is 20.0. The van der Waals surface area contributed by atoms with Crippen LogP contribution in [-0.4, -0.2) is 22.6 Å². The van der Waals surface area contributed by atoms with Crippen LogP contribution in [0.1, 0.15) is 102 Å². The molecule has 4 saturated carbocycles. The summed E-state index contributed by atoms with van der Waals surface area (Å²) >= 11 is 0. The maximum absolute atomic E-state index is 14.8. The predicted octanol–water partition coefficient (Wildman–Crippen LogP) is 7.36. The average Bonchev–Trinajstić information content (AvgIpc) is 2.73. The summed E-state index contributed by atoms with van der Waals surface area (Å²) in [6, 6.07) is 5.80. The Morgan fingerprint density at radius 3 is 1.88 bits per heavy atom. The first kappa shape index (κ1) is 25.2. The summed E-state index contributed by atoms with van der Waals surface area (Å²) in [7, 11) is -3.82. The Balaban J connectivity index is 1.09. The van der Waals surface area contributed by atoms with E-state index in [4.69, 9.17) is 14.5 Å². The van der Waals surface area contributed by atoms with Gasteiger partial charge in [-0.1, -0.05) is 51.0 Å². The molecule has 1 aromatic carbocycles. The largest absolute Gasteiger partial charge is 0.491 e. The maximum atomic E-state index is 14.8. The Labute approximate surface area is 198 Å². The van der Waals surface area contributed by atoms with Gasteiger partial charge in [-0.3, -0.25) is 4.57 Å². The van der Waals surface area contributed by atoms with Gasteiger partial charge in [0.1, 0.15) is 0 Å². The Bertz CT molecular complexity index is 785. The summed E-state index contributed by atoms with van der Waals surface area (Å²) in [5, 5.41) is 0. The minimum Gasteiger partial charge on any atom is -0.491 e. The molecule has 186 valence electrons. The summed E-state index contributed by atoms with van der Waals surface area (Å²) < 4.78 is 31.4. The zero-order chi connectivity index (χ0) is 23.3. The number of rotatable bonds is 14. The third-order valence-corrected chi connectivity index (χ3v) is 9.33. The van der Waals surface area contributed by atoms with E-state index >= 15 is 0 Å². The highest BCUT2D eigenvalue weighted by Gasteiger charge is 2.51. The van der Waals surface area contributed by atoms with Gasteiger partial charge in [0.2, 0.25) is 0 Å². The second kappa shape index (κ2) is 11.2. The van der Waals surface area contributed by atoms with E-state index in [1.54, 1.807) is 6.07 Å². The molecule has 0 radical (unpaired) electrons. The maximum Gasteiger partial charge on any atom is 0.325 e. The lowest BCUT2D eigenvalue weighted by Gasteiger charge is -2.57. The molecular formula is C27H42FO4P. The van der Waals surface area contributed by atoms with Gasteiger partial charge < -0.3 is 14.5 Å². The fourth-order valence-corrected chi connectivity index (χ4v) is 7.89. The van der Waals surface area contributed by atoms with Crippen molar-refractivity contribution < 1.29 is 23.5 Å². The van der Waals surface area contributed by atoms with Crippen molar-refractivity contribution in [1.29, 1.82) is 0 Å². The first-order valence-electron chi connectivity index (χ1n) is 13.3. The molecule has 0 unspecified atom stereocenters. The van der Waals surface area contributed by atoms with Crippen LogP contribution >= 0.6 is 7.60 Å². The van der Waals surface area contributed by atoms with Crippen molar-refractivity contribution in [3.05, 3.63) is 29.6 Å². The van der Waals surface area contributed by atoms with Crippen LogP contribution in [0.2, 0.25) is 0 Å². The highest BCUT2D eigenvalue weighted by Crippen LogP contribution is 2.60. The second-order valence-electron chi connectivity index (χ2n) is 11.3. The minimum absolute atomic E-state index is 0.0125. The lowest BCUT2D eigenvalue weighted by molar-refractivity contribution is -0.00534. The highest BCUT2D eigenvalue weighted by atomic mass is 31.2. The standard InChI is InChI=1S/C27H42FO4P/c28-25-17-24(27-18-21-14-22(19-27)16-23(15-21)20-27)10-11-26(25)32-12-8-6-4-2-1-3-5-7-9-13-33(29,30)31/h10-11,17,21-23H,1-9,12-16,18-20H2,(H2,29,30,31). The quantitative estimate of drug-likeness (QED) is 0.216. The summed E-state index contributed by atoms with van der Waals surface area (Å²) in [5.41, 5.74) is 1.45. The first-order chi connectivity index (χ1) is 15.8. The molecule has 1 aromatic rings. The number of hydrogen-bond acceptors (Lipinski definition) is 2. The smallest absolute Gasteiger partial charge is 0.325 e. The van der Waals surface area contributed by atoms with Gasteiger partial charge in [-0.05, 0) is 92.2 Å². The number of unbranched alkanes of at least 4 members (excludes halogenated alkanes) is 8. The van der Waals surface area contributed by atoms with Gasteiger partial charge in [0.15, 0.2) is 11.6 Å². The van der Waals surface area contributed by atoms with Crippen LogP contribution in [0.25, 0.3) is 0 Å². The fourth-order valence-electron chi connectivity index (χ4n) is 7.25. The number of ether oxygens (including phenoxy) is 1. The average molecular weight is 481 g/mol. The van der Waals surface area contributed by atoms with Crippen molar-refractivity contribution in [2.75, 3.05) is 12.8 Å². The van der Waals surface area contributed by atoms with E-state index in [2.05, 4.69) is 6.07 Å². The SMILES string of the molecule is O=P(O)(O)CCCCCCCCCCCOc1ccc(C23CC4CC(CC(C4)C2)C3)cc1F. The molecule has 4 aliphatic carbocycles. The second-order valence-corrected chi connectivity index (χ2v) is 13.0. The van der Waals surface area contributed by atoms with E-state index in [1.807, 2.05) is 6.07 Å². The molecule has 2 N–H and O–H groups in total. The fraction of sp³-hybridized carbons (Fsp3) is 0.778. The van der Waals surface area contributed by atoms with Gasteiger partial charge >= 0.3 is 7.60 Å². The van der Waals surface area contributed by atoms with Gasteiger partial charge in [0.05, 0.1) is 6.61 Å². The van der Waals surface area contributed by atoms with Gasteiger partial charge in [-0.2, -0.15) is 0 Å². The Hall–Kier alpha value is -0.900. The van der Waals surface area contributed by atoms with E-state index in [1.165, 1.54) is 50.5 Å². The lowest BCUT2D eigenvalue weighted by Crippen LogP contribution is -2.48. The lowest BCUT2D eigenvalue weighted by atomic mass is 9.48. The van der Waals surface area contributed by atoms with Crippen LogP contribution in [0.15, 0.2) is 18.2 Å². The van der Waals surface area contributed by atoms with Crippen LogP contribution in [0.5, 0.6) is 5.75 Å². The third-order valence-electron chi connectivity index (χ3n) is 8.43. The van der Waals surface area contributed by atoms with Crippen molar-refractivity contribution in [2.45, 2.75) is 102 Å². The molecule has 0 spiro atoms. The van der Waals surface area contributed by atoms with Crippen LogP contribution in [-0.2, 0) is 9.98 Å². The molecule has 0 aromatic heterocycles. The molecule has 5 rings (SSSR count). The molecule has 33 heavy (non-hydrogen) atoms. The van der Waals surface area contributed by atoms with Gasteiger partial charge in [0, 0.05) is 6.16 Å². The van der Waals surface area contributed by atoms with E-state index in [-0.39, 0.29) is 17.4 Å². The van der Waals surface area contributed by atoms with E-state index in [9.17, 15) is 8.96 Å². The van der Waals surface area contributed by atoms with Crippen molar-refractivity contribution in [2.24, 2.45) is 17.8 Å². The molecule has 0 amide bonds.